The molecule has 0 aliphatic rings. The summed E-state index contributed by atoms with van der Waals surface area (Å²) in [6.45, 7) is 9.79. The monoisotopic (exact) mass is 368 g/mol. The zero-order chi connectivity index (χ0) is 19.7. The summed E-state index contributed by atoms with van der Waals surface area (Å²) in [5.74, 6) is 0.803. The number of furan rings is 2. The van der Waals surface area contributed by atoms with Crippen LogP contribution >= 0.6 is 0 Å². The Labute approximate surface area is 157 Å². The van der Waals surface area contributed by atoms with Gasteiger partial charge in [-0.3, -0.25) is 20.4 Å². The molecule has 0 atom stereocenters. The van der Waals surface area contributed by atoms with Gasteiger partial charge < -0.3 is 8.83 Å². The lowest BCUT2D eigenvalue weighted by Crippen LogP contribution is -2.42. The minimum atomic E-state index is -0.410. The maximum atomic E-state index is 12.3. The van der Waals surface area contributed by atoms with Gasteiger partial charge in [0.05, 0.1) is 18.2 Å². The standard InChI is InChI=1S/C21H24N2O4/c1-11(2)16-9-18-15(10-26-19(18)6-12(16)3)8-20(24)22-23-21(25)17-7-13(4)27-14(17)5/h6-7,9-11H,8H2,1-5H3,(H,22,24)(H,23,25). The number of hydrogen-bond donors (Lipinski definition) is 2. The molecule has 0 bridgehead atoms. The molecule has 0 radical (unpaired) electrons. The van der Waals surface area contributed by atoms with E-state index in [1.165, 1.54) is 11.1 Å². The van der Waals surface area contributed by atoms with Crippen molar-refractivity contribution in [2.75, 3.05) is 0 Å². The number of nitrogens with one attached hydrogen (secondary N) is 2. The second-order valence-corrected chi connectivity index (χ2v) is 7.13. The summed E-state index contributed by atoms with van der Waals surface area (Å²) in [7, 11) is 0. The first kappa shape index (κ1) is 18.8. The van der Waals surface area contributed by atoms with Crippen LogP contribution in [0.2, 0.25) is 0 Å². The molecule has 3 aromatic rings. The Kier molecular flexibility index (Phi) is 5.08. The van der Waals surface area contributed by atoms with Gasteiger partial charge in [-0.15, -0.1) is 0 Å². The SMILES string of the molecule is Cc1cc(C(=O)NNC(=O)Cc2coc3cc(C)c(C(C)C)cc23)c(C)o1. The second-order valence-electron chi connectivity index (χ2n) is 7.13. The number of fused-ring (bicyclic) bond motifs is 1. The van der Waals surface area contributed by atoms with Crippen molar-refractivity contribution in [1.29, 1.82) is 0 Å². The Hall–Kier alpha value is -3.02. The number of carbonyl (C=O) groups excluding carboxylic acids is 2. The largest absolute Gasteiger partial charge is 0.466 e. The Bertz CT molecular complexity index is 1010. The molecule has 0 unspecified atom stereocenters. The van der Waals surface area contributed by atoms with Gasteiger partial charge in [0.1, 0.15) is 17.1 Å². The maximum absolute atomic E-state index is 12.3. The van der Waals surface area contributed by atoms with Crippen LogP contribution in [0.5, 0.6) is 0 Å². The molecule has 0 saturated carbocycles. The lowest BCUT2D eigenvalue weighted by atomic mass is 9.95. The van der Waals surface area contributed by atoms with Gasteiger partial charge in [0.25, 0.3) is 5.91 Å². The van der Waals surface area contributed by atoms with Crippen LogP contribution in [0.15, 0.2) is 33.3 Å². The fraction of sp³-hybridized carbons (Fsp3) is 0.333. The molecule has 2 heterocycles. The van der Waals surface area contributed by atoms with E-state index in [0.717, 1.165) is 16.5 Å². The maximum Gasteiger partial charge on any atom is 0.273 e. The third-order valence-electron chi connectivity index (χ3n) is 4.62. The zero-order valence-electron chi connectivity index (χ0n) is 16.2. The second kappa shape index (κ2) is 7.31. The highest BCUT2D eigenvalue weighted by atomic mass is 16.3. The van der Waals surface area contributed by atoms with Crippen molar-refractivity contribution < 1.29 is 18.4 Å². The molecule has 6 nitrogen and oxygen atoms in total. The zero-order valence-corrected chi connectivity index (χ0v) is 16.2. The Balaban J connectivity index is 1.70. The lowest BCUT2D eigenvalue weighted by Gasteiger charge is -2.10. The molecule has 3 rings (SSSR count). The first-order chi connectivity index (χ1) is 12.8. The molecule has 0 saturated heterocycles. The van der Waals surface area contributed by atoms with Gasteiger partial charge in [-0.25, -0.2) is 0 Å². The van der Waals surface area contributed by atoms with Gasteiger partial charge in [-0.1, -0.05) is 13.8 Å². The molecule has 0 fully saturated rings. The van der Waals surface area contributed by atoms with Gasteiger partial charge in [0.15, 0.2) is 0 Å². The van der Waals surface area contributed by atoms with Crippen molar-refractivity contribution in [2.24, 2.45) is 0 Å². The average Bonchev–Trinajstić information content (AvgIpc) is 3.14. The van der Waals surface area contributed by atoms with E-state index in [9.17, 15) is 9.59 Å². The van der Waals surface area contributed by atoms with Crippen molar-refractivity contribution in [2.45, 2.75) is 47.0 Å². The first-order valence-electron chi connectivity index (χ1n) is 8.93. The molecule has 0 aliphatic carbocycles. The van der Waals surface area contributed by atoms with E-state index < -0.39 is 5.91 Å². The van der Waals surface area contributed by atoms with Crippen LogP contribution in [-0.2, 0) is 11.2 Å². The average molecular weight is 368 g/mol. The van der Waals surface area contributed by atoms with Gasteiger partial charge in [0, 0.05) is 10.9 Å². The number of amides is 2. The Morgan fingerprint density at radius 1 is 1.07 bits per heavy atom. The van der Waals surface area contributed by atoms with E-state index in [2.05, 4.69) is 37.7 Å². The van der Waals surface area contributed by atoms with E-state index in [-0.39, 0.29) is 12.3 Å². The smallest absolute Gasteiger partial charge is 0.273 e. The molecule has 2 N–H and O–H groups in total. The Morgan fingerprint density at radius 2 is 1.81 bits per heavy atom. The highest BCUT2D eigenvalue weighted by molar-refractivity contribution is 5.97. The van der Waals surface area contributed by atoms with Crippen LogP contribution in [0, 0.1) is 20.8 Å². The summed E-state index contributed by atoms with van der Waals surface area (Å²) in [6.07, 6.45) is 1.70. The number of rotatable bonds is 4. The normalized spacial score (nSPS) is 11.2. The molecule has 2 aromatic heterocycles. The highest BCUT2D eigenvalue weighted by Crippen LogP contribution is 2.29. The molecule has 27 heavy (non-hydrogen) atoms. The van der Waals surface area contributed by atoms with E-state index >= 15 is 0 Å². The molecular formula is C21H24N2O4. The van der Waals surface area contributed by atoms with Crippen LogP contribution in [0.1, 0.15) is 58.3 Å². The molecule has 0 spiro atoms. The van der Waals surface area contributed by atoms with Crippen LogP contribution in [0.3, 0.4) is 0 Å². The minimum Gasteiger partial charge on any atom is -0.466 e. The third-order valence-corrected chi connectivity index (χ3v) is 4.62. The fourth-order valence-corrected chi connectivity index (χ4v) is 3.27. The van der Waals surface area contributed by atoms with Crippen molar-refractivity contribution in [1.82, 2.24) is 10.9 Å². The summed E-state index contributed by atoms with van der Waals surface area (Å²) >= 11 is 0. The van der Waals surface area contributed by atoms with Gasteiger partial charge in [-0.2, -0.15) is 0 Å². The fourth-order valence-electron chi connectivity index (χ4n) is 3.27. The lowest BCUT2D eigenvalue weighted by molar-refractivity contribution is -0.121. The molecular weight excluding hydrogens is 344 g/mol. The van der Waals surface area contributed by atoms with Crippen LogP contribution in [0.4, 0.5) is 0 Å². The number of aryl methyl sites for hydroxylation is 3. The van der Waals surface area contributed by atoms with Gasteiger partial charge in [0.2, 0.25) is 5.91 Å². The first-order valence-corrected chi connectivity index (χ1v) is 8.93. The quantitative estimate of drug-likeness (QED) is 0.680. The number of benzene rings is 1. The number of hydrazine groups is 1. The molecule has 2 amide bonds. The van der Waals surface area contributed by atoms with Crippen molar-refractivity contribution >= 4 is 22.8 Å². The van der Waals surface area contributed by atoms with E-state index in [0.29, 0.717) is 23.0 Å². The minimum absolute atomic E-state index is 0.108. The van der Waals surface area contributed by atoms with Crippen molar-refractivity contribution in [3.8, 4) is 0 Å². The predicted octanol–water partition coefficient (Wildman–Crippen LogP) is 4.08. The van der Waals surface area contributed by atoms with E-state index in [1.807, 2.05) is 6.07 Å². The molecule has 6 heteroatoms. The third kappa shape index (κ3) is 3.89. The summed E-state index contributed by atoms with van der Waals surface area (Å²) in [5, 5.41) is 0.923. The van der Waals surface area contributed by atoms with Crippen LogP contribution in [0.25, 0.3) is 11.0 Å². The van der Waals surface area contributed by atoms with Crippen molar-refractivity contribution in [3.63, 3.8) is 0 Å². The van der Waals surface area contributed by atoms with E-state index in [1.54, 1.807) is 26.2 Å². The topological polar surface area (TPSA) is 84.5 Å². The van der Waals surface area contributed by atoms with Crippen LogP contribution in [-0.4, -0.2) is 11.8 Å². The molecule has 142 valence electrons. The van der Waals surface area contributed by atoms with Gasteiger partial charge in [-0.05, 0) is 56.0 Å². The molecule has 0 aliphatic heterocycles. The Morgan fingerprint density at radius 3 is 2.44 bits per heavy atom. The molecule has 1 aromatic carbocycles. The summed E-state index contributed by atoms with van der Waals surface area (Å²) in [5.41, 5.74) is 9.21. The highest BCUT2D eigenvalue weighted by Gasteiger charge is 2.16. The summed E-state index contributed by atoms with van der Waals surface area (Å²) in [6, 6.07) is 5.71. The van der Waals surface area contributed by atoms with Crippen molar-refractivity contribution in [3.05, 3.63) is 58.2 Å². The predicted molar refractivity (Wildman–Crippen MR) is 103 cm³/mol. The van der Waals surface area contributed by atoms with Crippen LogP contribution < -0.4 is 10.9 Å². The number of hydrogen-bond acceptors (Lipinski definition) is 4. The van der Waals surface area contributed by atoms with E-state index in [4.69, 9.17) is 8.83 Å². The number of carbonyl (C=O) groups is 2. The summed E-state index contributed by atoms with van der Waals surface area (Å²) in [4.78, 5) is 24.4. The summed E-state index contributed by atoms with van der Waals surface area (Å²) < 4.78 is 10.9. The van der Waals surface area contributed by atoms with Gasteiger partial charge >= 0.3 is 0 Å².